The molecule has 0 atom stereocenters. The number of benzene rings is 2. The van der Waals surface area contributed by atoms with E-state index < -0.39 is 15.9 Å². The lowest BCUT2D eigenvalue weighted by Gasteiger charge is -2.08. The molecule has 0 spiro atoms. The van der Waals surface area contributed by atoms with Gasteiger partial charge in [-0.3, -0.25) is 4.79 Å². The second kappa shape index (κ2) is 7.56. The molecule has 22 heavy (non-hydrogen) atoms. The second-order valence-electron chi connectivity index (χ2n) is 4.80. The van der Waals surface area contributed by atoms with E-state index in [4.69, 9.17) is 0 Å². The number of carbonyl (C=O) groups is 1. The zero-order chi connectivity index (χ0) is 16.0. The smallest absolute Gasteiger partial charge is 0.265 e. The Bertz CT molecular complexity index is 745. The number of hydrogen-bond donors (Lipinski definition) is 1. The van der Waals surface area contributed by atoms with Gasteiger partial charge in [0, 0.05) is 10.9 Å². The van der Waals surface area contributed by atoms with E-state index in [1.807, 2.05) is 30.3 Å². The van der Waals surface area contributed by atoms with E-state index in [9.17, 15) is 13.2 Å². The van der Waals surface area contributed by atoms with Crippen LogP contribution in [0, 0.1) is 0 Å². The molecule has 116 valence electrons. The first kappa shape index (κ1) is 16.7. The summed E-state index contributed by atoms with van der Waals surface area (Å²) < 4.78 is 26.8. The maximum Gasteiger partial charge on any atom is 0.265 e. The number of amides is 1. The van der Waals surface area contributed by atoms with Gasteiger partial charge in [0.2, 0.25) is 5.91 Å². The Hall–Kier alpha value is -1.66. The van der Waals surface area contributed by atoms with E-state index in [2.05, 4.69) is 20.7 Å². The number of rotatable bonds is 6. The van der Waals surface area contributed by atoms with Crippen LogP contribution in [-0.2, 0) is 21.2 Å². The van der Waals surface area contributed by atoms with Crippen LogP contribution in [0.15, 0.2) is 64.0 Å². The normalized spacial score (nSPS) is 11.1. The Balaban J connectivity index is 1.90. The van der Waals surface area contributed by atoms with Crippen molar-refractivity contribution in [1.82, 2.24) is 4.72 Å². The Kier molecular flexibility index (Phi) is 5.74. The van der Waals surface area contributed by atoms with Crippen LogP contribution in [-0.4, -0.2) is 14.3 Å². The van der Waals surface area contributed by atoms with Gasteiger partial charge in [-0.15, -0.1) is 0 Å². The van der Waals surface area contributed by atoms with E-state index in [1.54, 1.807) is 18.2 Å². The highest BCUT2D eigenvalue weighted by atomic mass is 79.9. The highest BCUT2D eigenvalue weighted by Gasteiger charge is 2.19. The molecule has 0 bridgehead atoms. The molecule has 0 aromatic heterocycles. The predicted octanol–water partition coefficient (Wildman–Crippen LogP) is 3.28. The van der Waals surface area contributed by atoms with Crippen molar-refractivity contribution in [2.45, 2.75) is 24.2 Å². The monoisotopic (exact) mass is 381 g/mol. The number of halogens is 1. The van der Waals surface area contributed by atoms with Crippen LogP contribution in [0.4, 0.5) is 0 Å². The highest BCUT2D eigenvalue weighted by Crippen LogP contribution is 2.20. The molecule has 4 nitrogen and oxygen atoms in total. The summed E-state index contributed by atoms with van der Waals surface area (Å²) in [4.78, 5) is 11.9. The third-order valence-electron chi connectivity index (χ3n) is 3.09. The summed E-state index contributed by atoms with van der Waals surface area (Å²) in [7, 11) is -3.83. The molecule has 1 N–H and O–H groups in total. The van der Waals surface area contributed by atoms with Gasteiger partial charge in [-0.1, -0.05) is 42.5 Å². The van der Waals surface area contributed by atoms with E-state index >= 15 is 0 Å². The first-order valence-corrected chi connectivity index (χ1v) is 9.11. The topological polar surface area (TPSA) is 63.2 Å². The van der Waals surface area contributed by atoms with Crippen LogP contribution in [0.25, 0.3) is 0 Å². The van der Waals surface area contributed by atoms with Crippen LogP contribution in [0.1, 0.15) is 18.4 Å². The van der Waals surface area contributed by atoms with Crippen molar-refractivity contribution in [1.29, 1.82) is 0 Å². The number of carbonyl (C=O) groups excluding carboxylic acids is 1. The molecule has 2 rings (SSSR count). The molecule has 0 saturated heterocycles. The Morgan fingerprint density at radius 2 is 1.64 bits per heavy atom. The van der Waals surface area contributed by atoms with Gasteiger partial charge in [0.25, 0.3) is 10.0 Å². The van der Waals surface area contributed by atoms with Crippen molar-refractivity contribution in [2.24, 2.45) is 0 Å². The third-order valence-corrected chi connectivity index (χ3v) is 5.47. The minimum Gasteiger partial charge on any atom is -0.274 e. The molecule has 0 saturated carbocycles. The summed E-state index contributed by atoms with van der Waals surface area (Å²) in [6.07, 6.45) is 1.50. The zero-order valence-electron chi connectivity index (χ0n) is 11.8. The molecular weight excluding hydrogens is 366 g/mol. The fraction of sp³-hybridized carbons (Fsp3) is 0.188. The van der Waals surface area contributed by atoms with E-state index in [0.29, 0.717) is 10.9 Å². The summed E-state index contributed by atoms with van der Waals surface area (Å²) in [6.45, 7) is 0. The highest BCUT2D eigenvalue weighted by molar-refractivity contribution is 9.10. The molecular formula is C16H16BrNO3S. The molecule has 0 heterocycles. The average Bonchev–Trinajstić information content (AvgIpc) is 2.48. The Labute approximate surface area is 138 Å². The predicted molar refractivity (Wildman–Crippen MR) is 88.9 cm³/mol. The largest absolute Gasteiger partial charge is 0.274 e. The summed E-state index contributed by atoms with van der Waals surface area (Å²) >= 11 is 3.17. The van der Waals surface area contributed by atoms with Gasteiger partial charge in [0.15, 0.2) is 0 Å². The fourth-order valence-corrected chi connectivity index (χ4v) is 4.03. The zero-order valence-corrected chi connectivity index (χ0v) is 14.2. The average molecular weight is 382 g/mol. The Morgan fingerprint density at radius 3 is 2.32 bits per heavy atom. The van der Waals surface area contributed by atoms with Gasteiger partial charge in [-0.25, -0.2) is 13.1 Å². The lowest BCUT2D eigenvalue weighted by atomic mass is 10.1. The van der Waals surface area contributed by atoms with Crippen molar-refractivity contribution < 1.29 is 13.2 Å². The number of sulfonamides is 1. The lowest BCUT2D eigenvalue weighted by molar-refractivity contribution is -0.119. The molecule has 2 aromatic rings. The number of aryl methyl sites for hydroxylation is 1. The van der Waals surface area contributed by atoms with Crippen LogP contribution in [0.5, 0.6) is 0 Å². The van der Waals surface area contributed by atoms with Crippen LogP contribution >= 0.6 is 15.9 Å². The second-order valence-corrected chi connectivity index (χ2v) is 7.30. The van der Waals surface area contributed by atoms with Crippen LogP contribution < -0.4 is 4.72 Å². The van der Waals surface area contributed by atoms with Gasteiger partial charge in [0.1, 0.15) is 4.90 Å². The minimum absolute atomic E-state index is 0.0615. The molecule has 0 aliphatic heterocycles. The SMILES string of the molecule is O=C(CCCc1ccccc1)NS(=O)(=O)c1ccccc1Br. The maximum absolute atomic E-state index is 12.1. The maximum atomic E-state index is 12.1. The fourth-order valence-electron chi connectivity index (χ4n) is 2.02. The third kappa shape index (κ3) is 4.68. The van der Waals surface area contributed by atoms with Crippen LogP contribution in [0.2, 0.25) is 0 Å². The van der Waals surface area contributed by atoms with Crippen molar-refractivity contribution in [2.75, 3.05) is 0 Å². The van der Waals surface area contributed by atoms with E-state index in [0.717, 1.165) is 12.0 Å². The quantitative estimate of drug-likeness (QED) is 0.834. The molecule has 0 fully saturated rings. The van der Waals surface area contributed by atoms with Crippen LogP contribution in [0.3, 0.4) is 0 Å². The molecule has 0 radical (unpaired) electrons. The van der Waals surface area contributed by atoms with Crippen molar-refractivity contribution >= 4 is 31.9 Å². The van der Waals surface area contributed by atoms with Gasteiger partial charge in [-0.05, 0) is 46.5 Å². The summed E-state index contributed by atoms with van der Waals surface area (Å²) in [5.74, 6) is -0.494. The van der Waals surface area contributed by atoms with Crippen molar-refractivity contribution in [3.05, 3.63) is 64.6 Å². The standard InChI is InChI=1S/C16H16BrNO3S/c17-14-10-4-5-11-15(14)22(20,21)18-16(19)12-6-9-13-7-2-1-3-8-13/h1-5,7-8,10-11H,6,9,12H2,(H,18,19). The molecule has 1 amide bonds. The molecule has 0 aliphatic rings. The first-order chi connectivity index (χ1) is 10.5. The van der Waals surface area contributed by atoms with E-state index in [-0.39, 0.29) is 11.3 Å². The number of nitrogens with one attached hydrogen (secondary N) is 1. The summed E-state index contributed by atoms with van der Waals surface area (Å²) in [5.41, 5.74) is 1.13. The summed E-state index contributed by atoms with van der Waals surface area (Å²) in [6, 6.07) is 16.2. The minimum atomic E-state index is -3.83. The Morgan fingerprint density at radius 1 is 1.00 bits per heavy atom. The van der Waals surface area contributed by atoms with Crippen molar-refractivity contribution in [3.63, 3.8) is 0 Å². The summed E-state index contributed by atoms with van der Waals surface area (Å²) in [5, 5.41) is 0. The first-order valence-electron chi connectivity index (χ1n) is 6.83. The lowest BCUT2D eigenvalue weighted by Crippen LogP contribution is -2.30. The number of hydrogen-bond acceptors (Lipinski definition) is 3. The van der Waals surface area contributed by atoms with Gasteiger partial charge in [-0.2, -0.15) is 0 Å². The van der Waals surface area contributed by atoms with Gasteiger partial charge >= 0.3 is 0 Å². The molecule has 0 unspecified atom stereocenters. The van der Waals surface area contributed by atoms with Crippen molar-refractivity contribution in [3.8, 4) is 0 Å². The molecule has 2 aromatic carbocycles. The molecule has 0 aliphatic carbocycles. The molecule has 6 heteroatoms. The van der Waals surface area contributed by atoms with Gasteiger partial charge in [0.05, 0.1) is 0 Å². The van der Waals surface area contributed by atoms with E-state index in [1.165, 1.54) is 6.07 Å². The van der Waals surface area contributed by atoms with Gasteiger partial charge < -0.3 is 0 Å².